The molecule has 0 radical (unpaired) electrons. The number of hydrogen-bond acceptors (Lipinski definition) is 6. The first-order valence-electron chi connectivity index (χ1n) is 13.5. The van der Waals surface area contributed by atoms with E-state index >= 15 is 0 Å². The molecule has 9 nitrogen and oxygen atoms in total. The molecule has 5 rings (SSSR count). The van der Waals surface area contributed by atoms with Crippen molar-refractivity contribution in [2.24, 2.45) is 0 Å². The van der Waals surface area contributed by atoms with Crippen LogP contribution < -0.4 is 5.56 Å². The van der Waals surface area contributed by atoms with Gasteiger partial charge in [-0.05, 0) is 61.4 Å². The topological polar surface area (TPSA) is 108 Å². The van der Waals surface area contributed by atoms with Crippen molar-refractivity contribution >= 4 is 5.97 Å². The van der Waals surface area contributed by atoms with Crippen LogP contribution in [0.3, 0.4) is 0 Å². The van der Waals surface area contributed by atoms with E-state index in [9.17, 15) is 9.59 Å². The van der Waals surface area contributed by atoms with E-state index in [1.807, 2.05) is 35.9 Å². The number of fused-ring (bicyclic) bond motifs is 1. The number of H-pyrrole nitrogens is 1. The van der Waals surface area contributed by atoms with Gasteiger partial charge in [-0.3, -0.25) is 9.48 Å². The Balaban J connectivity index is 1.51. The average molecular weight is 515 g/mol. The van der Waals surface area contributed by atoms with E-state index in [0.29, 0.717) is 25.3 Å². The van der Waals surface area contributed by atoms with E-state index < -0.39 is 6.04 Å². The van der Waals surface area contributed by atoms with Crippen molar-refractivity contribution in [2.45, 2.75) is 71.4 Å². The fraction of sp³-hybridized carbons (Fsp3) is 0.414. The monoisotopic (exact) mass is 514 g/mol. The first-order valence-corrected chi connectivity index (χ1v) is 13.5. The summed E-state index contributed by atoms with van der Waals surface area (Å²) in [5, 5.41) is 14.5. The maximum atomic E-state index is 13.8. The highest BCUT2D eigenvalue weighted by molar-refractivity contribution is 5.80. The summed E-state index contributed by atoms with van der Waals surface area (Å²) < 4.78 is 9.18. The number of aromatic nitrogens is 6. The van der Waals surface area contributed by atoms with Crippen LogP contribution in [0.5, 0.6) is 0 Å². The Morgan fingerprint density at radius 1 is 1.05 bits per heavy atom. The molecule has 0 saturated heterocycles. The van der Waals surface area contributed by atoms with Gasteiger partial charge < -0.3 is 4.74 Å². The highest BCUT2D eigenvalue weighted by Gasteiger charge is 2.35. The van der Waals surface area contributed by atoms with E-state index in [4.69, 9.17) is 4.74 Å². The number of tetrazole rings is 1. The summed E-state index contributed by atoms with van der Waals surface area (Å²) in [7, 11) is 0. The van der Waals surface area contributed by atoms with Gasteiger partial charge in [-0.15, -0.1) is 10.2 Å². The van der Waals surface area contributed by atoms with Crippen LogP contribution >= 0.6 is 0 Å². The zero-order chi connectivity index (χ0) is 26.6. The molecule has 1 aliphatic rings. The molecule has 2 aromatic heterocycles. The second-order valence-corrected chi connectivity index (χ2v) is 9.87. The highest BCUT2D eigenvalue weighted by Crippen LogP contribution is 2.33. The van der Waals surface area contributed by atoms with Gasteiger partial charge in [-0.1, -0.05) is 61.9 Å². The number of carbonyl (C=O) groups is 1. The van der Waals surface area contributed by atoms with Gasteiger partial charge in [0.1, 0.15) is 6.04 Å². The van der Waals surface area contributed by atoms with Gasteiger partial charge >= 0.3 is 5.97 Å². The van der Waals surface area contributed by atoms with E-state index in [1.165, 1.54) is 0 Å². The molecule has 0 saturated carbocycles. The zero-order valence-electron chi connectivity index (χ0n) is 22.2. The molecule has 1 N–H and O–H groups in total. The maximum Gasteiger partial charge on any atom is 0.330 e. The number of hydrogen-bond donors (Lipinski definition) is 1. The van der Waals surface area contributed by atoms with Gasteiger partial charge in [0.2, 0.25) is 5.82 Å². The van der Waals surface area contributed by atoms with Gasteiger partial charge in [0.25, 0.3) is 5.56 Å². The fourth-order valence-corrected chi connectivity index (χ4v) is 5.48. The van der Waals surface area contributed by atoms with Gasteiger partial charge in [0, 0.05) is 23.2 Å². The number of esters is 1. The lowest BCUT2D eigenvalue weighted by Gasteiger charge is -2.31. The van der Waals surface area contributed by atoms with Crippen molar-refractivity contribution in [1.82, 2.24) is 30.0 Å². The van der Waals surface area contributed by atoms with Crippen LogP contribution in [0, 0.1) is 0 Å². The van der Waals surface area contributed by atoms with Crippen molar-refractivity contribution in [2.75, 3.05) is 6.61 Å². The standard InChI is InChI=1S/C29H34N6O3/c1-4-6-11-25-24(28(36)34-19(3)12-17-26(35(25)34)29(37)38-5-2)18-20-13-15-21(16-14-20)22-9-7-8-10-23(22)27-30-32-33-31-27/h7-10,13-16,19,26H,4-6,11-12,17-18H2,1-3H3,(H,30,31,32,33). The van der Waals surface area contributed by atoms with Crippen LogP contribution in [-0.2, 0) is 22.4 Å². The quantitative estimate of drug-likeness (QED) is 0.319. The lowest BCUT2D eigenvalue weighted by molar-refractivity contribution is -0.149. The molecule has 0 amide bonds. The number of carbonyl (C=O) groups excluding carboxylic acids is 1. The molecule has 2 atom stereocenters. The third-order valence-electron chi connectivity index (χ3n) is 7.38. The Labute approximate surface area is 221 Å². The van der Waals surface area contributed by atoms with Gasteiger partial charge in [-0.25, -0.2) is 9.48 Å². The summed E-state index contributed by atoms with van der Waals surface area (Å²) in [5.41, 5.74) is 5.73. The predicted molar refractivity (Wildman–Crippen MR) is 145 cm³/mol. The van der Waals surface area contributed by atoms with Crippen LogP contribution in [-0.4, -0.2) is 42.6 Å². The molecular formula is C29H34N6O3. The number of ether oxygens (including phenoxy) is 1. The van der Waals surface area contributed by atoms with Crippen LogP contribution in [0.15, 0.2) is 53.3 Å². The summed E-state index contributed by atoms with van der Waals surface area (Å²) in [6, 6.07) is 15.8. The Kier molecular flexibility index (Phi) is 7.53. The molecule has 2 aromatic carbocycles. The van der Waals surface area contributed by atoms with Crippen LogP contribution in [0.2, 0.25) is 0 Å². The third kappa shape index (κ3) is 4.80. The molecule has 9 heteroatoms. The van der Waals surface area contributed by atoms with E-state index in [1.54, 1.807) is 4.68 Å². The SMILES string of the molecule is CCCCc1c(Cc2ccc(-c3ccccc3-c3nn[nH]n3)cc2)c(=O)n2n1C(C(=O)OCC)CCC2C. The summed E-state index contributed by atoms with van der Waals surface area (Å²) in [6.45, 7) is 6.35. The molecule has 0 bridgehead atoms. The summed E-state index contributed by atoms with van der Waals surface area (Å²) in [5.74, 6) is 0.292. The predicted octanol–water partition coefficient (Wildman–Crippen LogP) is 4.89. The molecule has 2 unspecified atom stereocenters. The van der Waals surface area contributed by atoms with Gasteiger partial charge in [0.05, 0.1) is 12.6 Å². The average Bonchev–Trinajstić information content (AvgIpc) is 3.56. The number of nitrogens with zero attached hydrogens (tertiary/aromatic N) is 5. The maximum absolute atomic E-state index is 13.8. The van der Waals surface area contributed by atoms with Crippen LogP contribution in [0.4, 0.5) is 0 Å². The second-order valence-electron chi connectivity index (χ2n) is 9.87. The molecule has 0 spiro atoms. The molecule has 0 fully saturated rings. The Morgan fingerprint density at radius 2 is 1.82 bits per heavy atom. The normalized spacial score (nSPS) is 16.8. The zero-order valence-corrected chi connectivity index (χ0v) is 22.2. The summed E-state index contributed by atoms with van der Waals surface area (Å²) in [4.78, 5) is 26.7. The highest BCUT2D eigenvalue weighted by atomic mass is 16.5. The van der Waals surface area contributed by atoms with E-state index in [-0.39, 0.29) is 17.6 Å². The minimum Gasteiger partial charge on any atom is -0.464 e. The molecule has 4 aromatic rings. The minimum absolute atomic E-state index is 0.00382. The summed E-state index contributed by atoms with van der Waals surface area (Å²) >= 11 is 0. The van der Waals surface area contributed by atoms with Gasteiger partial charge in [-0.2, -0.15) is 5.21 Å². The summed E-state index contributed by atoms with van der Waals surface area (Å²) in [6.07, 6.45) is 4.68. The Hall–Kier alpha value is -4.01. The second kappa shape index (κ2) is 11.2. The Bertz CT molecular complexity index is 1450. The third-order valence-corrected chi connectivity index (χ3v) is 7.38. The molecule has 198 valence electrons. The van der Waals surface area contributed by atoms with Crippen molar-refractivity contribution in [3.63, 3.8) is 0 Å². The van der Waals surface area contributed by atoms with Crippen LogP contribution in [0.25, 0.3) is 22.5 Å². The first kappa shape index (κ1) is 25.6. The number of nitrogens with one attached hydrogen (secondary N) is 1. The van der Waals surface area contributed by atoms with Crippen molar-refractivity contribution in [3.8, 4) is 22.5 Å². The first-order chi connectivity index (χ1) is 18.5. The largest absolute Gasteiger partial charge is 0.464 e. The Morgan fingerprint density at radius 3 is 2.50 bits per heavy atom. The van der Waals surface area contributed by atoms with Crippen molar-refractivity contribution < 1.29 is 9.53 Å². The lowest BCUT2D eigenvalue weighted by atomic mass is 9.96. The smallest absolute Gasteiger partial charge is 0.330 e. The number of rotatable bonds is 9. The molecule has 1 aliphatic heterocycles. The fourth-order valence-electron chi connectivity index (χ4n) is 5.48. The number of aromatic amines is 1. The number of benzene rings is 2. The molecular weight excluding hydrogens is 480 g/mol. The number of unbranched alkanes of at least 4 members (excludes halogenated alkanes) is 1. The molecule has 0 aliphatic carbocycles. The van der Waals surface area contributed by atoms with E-state index in [0.717, 1.165) is 59.2 Å². The minimum atomic E-state index is -0.455. The lowest BCUT2D eigenvalue weighted by Crippen LogP contribution is -2.37. The van der Waals surface area contributed by atoms with Crippen LogP contribution in [0.1, 0.15) is 75.4 Å². The van der Waals surface area contributed by atoms with Gasteiger partial charge in [0.15, 0.2) is 0 Å². The molecule has 3 heterocycles. The van der Waals surface area contributed by atoms with E-state index in [2.05, 4.69) is 58.7 Å². The van der Waals surface area contributed by atoms with Crippen molar-refractivity contribution in [1.29, 1.82) is 0 Å². The van der Waals surface area contributed by atoms with Crippen molar-refractivity contribution in [3.05, 3.63) is 75.7 Å². The molecule has 38 heavy (non-hydrogen) atoms.